The Kier molecular flexibility index (Phi) is 6.26. The fourth-order valence-corrected chi connectivity index (χ4v) is 5.66. The van der Waals surface area contributed by atoms with Gasteiger partial charge in [0.05, 0.1) is 11.4 Å². The van der Waals surface area contributed by atoms with Crippen LogP contribution in [0, 0.1) is 0 Å². The first-order chi connectivity index (χ1) is 21.3. The topological polar surface area (TPSA) is 74.6 Å². The molecule has 0 radical (unpaired) electrons. The average Bonchev–Trinajstić information content (AvgIpc) is 3.85. The van der Waals surface area contributed by atoms with E-state index in [9.17, 15) is 0 Å². The predicted octanol–water partition coefficient (Wildman–Crippen LogP) is 8.67. The maximum absolute atomic E-state index is 6.00. The molecule has 2 aliphatic rings. The van der Waals surface area contributed by atoms with Crippen LogP contribution in [0.2, 0.25) is 0 Å². The second-order valence-electron chi connectivity index (χ2n) is 10.6. The Hall–Kier alpha value is -5.56. The molecule has 0 aliphatic heterocycles. The van der Waals surface area contributed by atoms with Gasteiger partial charge in [-0.2, -0.15) is 0 Å². The molecule has 0 spiro atoms. The van der Waals surface area contributed by atoms with Crippen LogP contribution >= 0.6 is 0 Å². The van der Waals surface area contributed by atoms with Gasteiger partial charge in [0.2, 0.25) is 5.89 Å². The molecular formula is C36H28N6O. The number of rotatable bonds is 6. The van der Waals surface area contributed by atoms with Crippen molar-refractivity contribution in [3.05, 3.63) is 122 Å². The molecular weight excluding hydrogens is 532 g/mol. The first-order valence-corrected chi connectivity index (χ1v) is 14.6. The number of hydrogen-bond donors (Lipinski definition) is 0. The molecule has 2 aromatic carbocycles. The number of oxazole rings is 1. The molecule has 0 bridgehead atoms. The van der Waals surface area contributed by atoms with Gasteiger partial charge in [0.1, 0.15) is 5.52 Å². The van der Waals surface area contributed by atoms with Gasteiger partial charge in [0.15, 0.2) is 23.1 Å². The Balaban J connectivity index is 1.24. The highest BCUT2D eigenvalue weighted by Crippen LogP contribution is 2.31. The molecule has 4 heterocycles. The zero-order valence-electron chi connectivity index (χ0n) is 23.5. The minimum Gasteiger partial charge on any atom is -0.436 e. The largest absolute Gasteiger partial charge is 0.436 e. The molecule has 0 amide bonds. The lowest BCUT2D eigenvalue weighted by atomic mass is 10.1. The van der Waals surface area contributed by atoms with Crippen LogP contribution < -0.4 is 0 Å². The van der Waals surface area contributed by atoms with Gasteiger partial charge < -0.3 is 13.6 Å². The van der Waals surface area contributed by atoms with Gasteiger partial charge in [0.25, 0.3) is 0 Å². The summed E-state index contributed by atoms with van der Waals surface area (Å²) >= 11 is 0. The van der Waals surface area contributed by atoms with Crippen molar-refractivity contribution in [3.63, 3.8) is 0 Å². The molecule has 8 rings (SSSR count). The summed E-state index contributed by atoms with van der Waals surface area (Å²) in [6.45, 7) is 0. The van der Waals surface area contributed by atoms with E-state index in [1.807, 2.05) is 60.7 Å². The van der Waals surface area contributed by atoms with Gasteiger partial charge in [-0.25, -0.2) is 19.9 Å². The second-order valence-corrected chi connectivity index (χ2v) is 10.6. The maximum atomic E-state index is 6.00. The Bertz CT molecular complexity index is 2050. The Morgan fingerprint density at radius 2 is 1.37 bits per heavy atom. The zero-order valence-corrected chi connectivity index (χ0v) is 23.5. The van der Waals surface area contributed by atoms with Crippen LogP contribution in [0.4, 0.5) is 0 Å². The number of benzene rings is 2. The fraction of sp³-hybridized carbons (Fsp3) is 0.111. The van der Waals surface area contributed by atoms with Crippen LogP contribution in [-0.4, -0.2) is 29.1 Å². The lowest BCUT2D eigenvalue weighted by Crippen LogP contribution is -2.07. The summed E-state index contributed by atoms with van der Waals surface area (Å²) in [5.41, 5.74) is 7.59. The van der Waals surface area contributed by atoms with Gasteiger partial charge in [0, 0.05) is 34.9 Å². The highest BCUT2D eigenvalue weighted by atomic mass is 16.3. The van der Waals surface area contributed by atoms with E-state index in [0.29, 0.717) is 23.4 Å². The van der Waals surface area contributed by atoms with Crippen molar-refractivity contribution >= 4 is 22.5 Å². The fourth-order valence-electron chi connectivity index (χ4n) is 5.66. The standard InChI is InChI=1S/C36H28N6O/c1-3-11-27(12-4-1)41-23-9-16-30(41)34-38-33(39-35(40-34)31-17-10-24-42(31)28-13-5-2-6-14-28)25-19-21-26(22-20-25)36-37-29-15-7-8-18-32(29)43-36/h1,3,5,7-11,13-24H,2,4,6,12H2. The maximum Gasteiger partial charge on any atom is 0.227 e. The summed E-state index contributed by atoms with van der Waals surface area (Å²) in [7, 11) is 0. The second kappa shape index (κ2) is 10.7. The molecule has 208 valence electrons. The van der Waals surface area contributed by atoms with Crippen molar-refractivity contribution in [1.82, 2.24) is 29.1 Å². The van der Waals surface area contributed by atoms with Gasteiger partial charge in [-0.3, -0.25) is 0 Å². The van der Waals surface area contributed by atoms with Crippen LogP contribution in [0.25, 0.3) is 68.4 Å². The highest BCUT2D eigenvalue weighted by Gasteiger charge is 2.19. The van der Waals surface area contributed by atoms with Crippen molar-refractivity contribution < 1.29 is 4.42 Å². The number of allylic oxidation sites excluding steroid dienone is 8. The number of nitrogens with zero attached hydrogens (tertiary/aromatic N) is 6. The summed E-state index contributed by atoms with van der Waals surface area (Å²) < 4.78 is 10.3. The minimum absolute atomic E-state index is 0.587. The normalized spacial score (nSPS) is 14.7. The first-order valence-electron chi connectivity index (χ1n) is 14.6. The SMILES string of the molecule is C1=CCCC(n2cccc2-c2nc(-c3ccc(-c4nc5ccccc5o4)cc3)nc(-c3cccn3C3=CCCC=C3)n2)=C1. The van der Waals surface area contributed by atoms with Gasteiger partial charge in [-0.05, 0) is 86.4 Å². The van der Waals surface area contributed by atoms with Gasteiger partial charge in [-0.15, -0.1) is 0 Å². The van der Waals surface area contributed by atoms with E-state index < -0.39 is 0 Å². The lowest BCUT2D eigenvalue weighted by molar-refractivity contribution is 0.620. The average molecular weight is 561 g/mol. The lowest BCUT2D eigenvalue weighted by Gasteiger charge is -2.16. The van der Waals surface area contributed by atoms with E-state index in [1.54, 1.807) is 0 Å². The number of para-hydroxylation sites is 2. The zero-order chi connectivity index (χ0) is 28.6. The summed E-state index contributed by atoms with van der Waals surface area (Å²) in [5, 5.41) is 0. The molecule has 0 saturated heterocycles. The predicted molar refractivity (Wildman–Crippen MR) is 170 cm³/mol. The molecule has 0 N–H and O–H groups in total. The molecule has 6 aromatic rings. The summed E-state index contributed by atoms with van der Waals surface area (Å²) in [6.07, 6.45) is 21.3. The van der Waals surface area contributed by atoms with Crippen LogP contribution in [-0.2, 0) is 0 Å². The summed E-state index contributed by atoms with van der Waals surface area (Å²) in [4.78, 5) is 19.8. The number of aromatic nitrogens is 6. The molecule has 7 heteroatoms. The van der Waals surface area contributed by atoms with E-state index in [2.05, 4.69) is 75.1 Å². The van der Waals surface area contributed by atoms with Crippen LogP contribution in [0.3, 0.4) is 0 Å². The third-order valence-electron chi connectivity index (χ3n) is 7.83. The monoisotopic (exact) mass is 560 g/mol. The van der Waals surface area contributed by atoms with E-state index >= 15 is 0 Å². The number of hydrogen-bond acceptors (Lipinski definition) is 5. The Labute approximate surface area is 248 Å². The quantitative estimate of drug-likeness (QED) is 0.204. The summed E-state index contributed by atoms with van der Waals surface area (Å²) in [6, 6.07) is 24.1. The van der Waals surface area contributed by atoms with E-state index in [4.69, 9.17) is 19.4 Å². The third kappa shape index (κ3) is 4.75. The molecule has 0 saturated carbocycles. The number of fused-ring (bicyclic) bond motifs is 1. The van der Waals surface area contributed by atoms with Crippen LogP contribution in [0.5, 0.6) is 0 Å². The molecule has 0 unspecified atom stereocenters. The molecule has 2 aliphatic carbocycles. The molecule has 0 fully saturated rings. The highest BCUT2D eigenvalue weighted by molar-refractivity contribution is 5.77. The van der Waals surface area contributed by atoms with Crippen molar-refractivity contribution in [2.75, 3.05) is 0 Å². The minimum atomic E-state index is 0.587. The smallest absolute Gasteiger partial charge is 0.227 e. The molecule has 43 heavy (non-hydrogen) atoms. The third-order valence-corrected chi connectivity index (χ3v) is 7.83. The van der Waals surface area contributed by atoms with Crippen LogP contribution in [0.15, 0.2) is 126 Å². The summed E-state index contributed by atoms with van der Waals surface area (Å²) in [5.74, 6) is 2.45. The van der Waals surface area contributed by atoms with E-state index in [-0.39, 0.29) is 0 Å². The van der Waals surface area contributed by atoms with Gasteiger partial charge in [-0.1, -0.05) is 48.6 Å². The van der Waals surface area contributed by atoms with Crippen molar-refractivity contribution in [2.24, 2.45) is 0 Å². The molecule has 0 atom stereocenters. The molecule has 4 aromatic heterocycles. The van der Waals surface area contributed by atoms with Gasteiger partial charge >= 0.3 is 0 Å². The first kappa shape index (κ1) is 25.2. The van der Waals surface area contributed by atoms with Crippen molar-refractivity contribution in [2.45, 2.75) is 25.7 Å². The Morgan fingerprint density at radius 1 is 0.628 bits per heavy atom. The van der Waals surface area contributed by atoms with Crippen molar-refractivity contribution in [3.8, 4) is 45.9 Å². The molecule has 7 nitrogen and oxygen atoms in total. The Morgan fingerprint density at radius 3 is 2.12 bits per heavy atom. The van der Waals surface area contributed by atoms with Crippen molar-refractivity contribution in [1.29, 1.82) is 0 Å². The van der Waals surface area contributed by atoms with Crippen LogP contribution in [0.1, 0.15) is 25.7 Å². The van der Waals surface area contributed by atoms with E-state index in [0.717, 1.165) is 65.0 Å². The van der Waals surface area contributed by atoms with E-state index in [1.165, 1.54) is 5.70 Å².